The number of aromatic nitrogens is 1. The molecule has 348 valence electrons. The Hall–Kier alpha value is -6.04. The highest BCUT2D eigenvalue weighted by atomic mass is 32.1. The van der Waals surface area contributed by atoms with Gasteiger partial charge in [0.25, 0.3) is 6.71 Å². The van der Waals surface area contributed by atoms with Gasteiger partial charge in [0.1, 0.15) is 5.82 Å². The molecule has 0 atom stereocenters. The van der Waals surface area contributed by atoms with Gasteiger partial charge in [0.05, 0.1) is 5.52 Å². The van der Waals surface area contributed by atoms with E-state index in [9.17, 15) is 0 Å². The zero-order valence-electron chi connectivity index (χ0n) is 43.6. The van der Waals surface area contributed by atoms with Gasteiger partial charge in [-0.05, 0) is 143 Å². The van der Waals surface area contributed by atoms with E-state index in [0.29, 0.717) is 0 Å². The van der Waals surface area contributed by atoms with Gasteiger partial charge in [-0.1, -0.05) is 177 Å². The molecule has 11 rings (SSSR count). The standard InChI is InChI=1S/C64H68BN3S/c1-60(2,3)39-24-29-44(30-25-39)66-52-37-48-46-22-19-23-49(64(13,14)15)58(46)69-55(48)38-50(52)65-56-47-33-28-41(62(7,8)9)34-51(47)67(43-20-17-16-18-21-43)59(56)68(45-31-26-40(27-32-45)61(4,5)6)54-36-42(63(10,11)12)35-53(66)57(54)65/h16-38H,1-15H3. The molecule has 4 heterocycles. The molecule has 2 aromatic heterocycles. The molecule has 9 aromatic rings. The van der Waals surface area contributed by atoms with Crippen molar-refractivity contribution in [3.05, 3.63) is 167 Å². The largest absolute Gasteiger partial charge is 0.311 e. The summed E-state index contributed by atoms with van der Waals surface area (Å²) in [7, 11) is 0. The summed E-state index contributed by atoms with van der Waals surface area (Å²) in [4.78, 5) is 5.26. The molecule has 2 aliphatic rings. The van der Waals surface area contributed by atoms with Gasteiger partial charge in [0.2, 0.25) is 0 Å². The Morgan fingerprint density at radius 2 is 0.942 bits per heavy atom. The quantitative estimate of drug-likeness (QED) is 0.164. The highest BCUT2D eigenvalue weighted by Gasteiger charge is 2.47. The Kier molecular flexibility index (Phi) is 10.0. The number of rotatable bonds is 3. The maximum Gasteiger partial charge on any atom is 0.255 e. The number of anilines is 6. The lowest BCUT2D eigenvalue weighted by atomic mass is 9.33. The summed E-state index contributed by atoms with van der Waals surface area (Å²) in [5.41, 5.74) is 19.1. The predicted molar refractivity (Wildman–Crippen MR) is 304 cm³/mol. The Bertz CT molecular complexity index is 3500. The molecule has 0 fully saturated rings. The third-order valence-electron chi connectivity index (χ3n) is 15.1. The fraction of sp³-hybridized carbons (Fsp3) is 0.312. The molecule has 3 nitrogen and oxygen atoms in total. The molecule has 0 saturated heterocycles. The van der Waals surface area contributed by atoms with Crippen molar-refractivity contribution >= 4 is 99.8 Å². The molecular weight excluding hydrogens is 854 g/mol. The normalized spacial score (nSPS) is 14.2. The van der Waals surface area contributed by atoms with Crippen LogP contribution < -0.4 is 26.2 Å². The summed E-state index contributed by atoms with van der Waals surface area (Å²) in [6.45, 7) is 35.0. The Morgan fingerprint density at radius 1 is 0.391 bits per heavy atom. The van der Waals surface area contributed by atoms with Crippen LogP contribution in [-0.2, 0) is 27.1 Å². The topological polar surface area (TPSA) is 11.4 Å². The van der Waals surface area contributed by atoms with E-state index in [4.69, 9.17) is 0 Å². The summed E-state index contributed by atoms with van der Waals surface area (Å²) in [6.07, 6.45) is 0. The number of thiophene rings is 1. The van der Waals surface area contributed by atoms with E-state index in [2.05, 4.69) is 258 Å². The first-order valence-corrected chi connectivity index (χ1v) is 25.9. The molecule has 69 heavy (non-hydrogen) atoms. The van der Waals surface area contributed by atoms with Crippen molar-refractivity contribution in [2.24, 2.45) is 0 Å². The van der Waals surface area contributed by atoms with Crippen molar-refractivity contribution in [3.63, 3.8) is 0 Å². The van der Waals surface area contributed by atoms with Gasteiger partial charge in [-0.25, -0.2) is 0 Å². The van der Waals surface area contributed by atoms with E-state index >= 15 is 0 Å². The van der Waals surface area contributed by atoms with Gasteiger partial charge in [-0.3, -0.25) is 9.47 Å². The first-order chi connectivity index (χ1) is 32.4. The van der Waals surface area contributed by atoms with E-state index in [0.717, 1.165) is 11.4 Å². The molecule has 0 radical (unpaired) electrons. The minimum atomic E-state index is -0.143. The Balaban J connectivity index is 1.34. The van der Waals surface area contributed by atoms with Crippen molar-refractivity contribution in [1.82, 2.24) is 4.57 Å². The number of benzene rings is 7. The lowest BCUT2D eigenvalue weighted by molar-refractivity contribution is 0.589. The van der Waals surface area contributed by atoms with E-state index < -0.39 is 0 Å². The van der Waals surface area contributed by atoms with Crippen LogP contribution in [0.5, 0.6) is 0 Å². The number of nitrogens with zero attached hydrogens (tertiary/aromatic N) is 3. The van der Waals surface area contributed by atoms with Crippen molar-refractivity contribution in [2.75, 3.05) is 9.80 Å². The van der Waals surface area contributed by atoms with Gasteiger partial charge < -0.3 is 4.90 Å². The summed E-state index contributed by atoms with van der Waals surface area (Å²) < 4.78 is 5.32. The van der Waals surface area contributed by atoms with Crippen molar-refractivity contribution in [2.45, 2.75) is 131 Å². The number of para-hydroxylation sites is 1. The molecule has 0 spiro atoms. The zero-order chi connectivity index (χ0) is 48.9. The van der Waals surface area contributed by atoms with Crippen LogP contribution in [-0.4, -0.2) is 11.3 Å². The average Bonchev–Trinajstić information content (AvgIpc) is 3.82. The summed E-state index contributed by atoms with van der Waals surface area (Å²) in [5.74, 6) is 1.21. The molecule has 0 amide bonds. The van der Waals surface area contributed by atoms with Gasteiger partial charge >= 0.3 is 0 Å². The zero-order valence-corrected chi connectivity index (χ0v) is 44.4. The van der Waals surface area contributed by atoms with Gasteiger partial charge in [0, 0.05) is 54.3 Å². The third-order valence-corrected chi connectivity index (χ3v) is 16.3. The molecule has 5 heteroatoms. The smallest absolute Gasteiger partial charge is 0.255 e. The third kappa shape index (κ3) is 7.28. The molecular formula is C64H68BN3S. The van der Waals surface area contributed by atoms with Crippen LogP contribution in [0.25, 0.3) is 36.8 Å². The SMILES string of the molecule is CC(C)(C)c1ccc(N2c3cc4c(cc3B3c5c2cc(C(C)(C)C)cc5N(c2ccc(C(C)(C)C)cc2)c2c3c3ccc(C(C)(C)C)cc3n2-c2ccccc2)sc2c(C(C)(C)C)cccc24)cc1. The minimum Gasteiger partial charge on any atom is -0.311 e. The van der Waals surface area contributed by atoms with Crippen LogP contribution in [0, 0.1) is 0 Å². The summed E-state index contributed by atoms with van der Waals surface area (Å²) >= 11 is 1.97. The molecule has 0 aliphatic carbocycles. The molecule has 7 aromatic carbocycles. The van der Waals surface area contributed by atoms with E-state index in [-0.39, 0.29) is 33.8 Å². The Morgan fingerprint density at radius 3 is 1.51 bits per heavy atom. The van der Waals surface area contributed by atoms with E-state index in [1.54, 1.807) is 0 Å². The lowest BCUT2D eigenvalue weighted by Gasteiger charge is -2.44. The second-order valence-corrected chi connectivity index (χ2v) is 26.3. The maximum atomic E-state index is 2.63. The predicted octanol–water partition coefficient (Wildman–Crippen LogP) is 16.6. The van der Waals surface area contributed by atoms with Crippen LogP contribution in [0.2, 0.25) is 0 Å². The number of hydrogen-bond acceptors (Lipinski definition) is 3. The average molecular weight is 922 g/mol. The second-order valence-electron chi connectivity index (χ2n) is 25.2. The molecule has 0 bridgehead atoms. The van der Waals surface area contributed by atoms with Gasteiger partial charge in [-0.15, -0.1) is 11.3 Å². The minimum absolute atomic E-state index is 0.00726. The maximum absolute atomic E-state index is 2.63. The van der Waals surface area contributed by atoms with E-state index in [1.165, 1.54) is 104 Å². The number of fused-ring (bicyclic) bond motifs is 9. The number of hydrogen-bond donors (Lipinski definition) is 0. The van der Waals surface area contributed by atoms with Crippen LogP contribution in [0.3, 0.4) is 0 Å². The molecule has 0 unspecified atom stereocenters. The first-order valence-electron chi connectivity index (χ1n) is 25.1. The van der Waals surface area contributed by atoms with Crippen LogP contribution >= 0.6 is 11.3 Å². The van der Waals surface area contributed by atoms with E-state index in [1.807, 2.05) is 11.3 Å². The highest BCUT2D eigenvalue weighted by molar-refractivity contribution is 7.26. The second kappa shape index (κ2) is 15.2. The monoisotopic (exact) mass is 922 g/mol. The van der Waals surface area contributed by atoms with Gasteiger partial charge in [-0.2, -0.15) is 0 Å². The molecule has 0 saturated carbocycles. The summed E-state index contributed by atoms with van der Waals surface area (Å²) in [6, 6.07) is 54.6. The fourth-order valence-corrected chi connectivity index (χ4v) is 12.6. The lowest BCUT2D eigenvalue weighted by Crippen LogP contribution is -2.61. The van der Waals surface area contributed by atoms with Crippen LogP contribution in [0.15, 0.2) is 140 Å². The van der Waals surface area contributed by atoms with Crippen molar-refractivity contribution < 1.29 is 0 Å². The van der Waals surface area contributed by atoms with Crippen molar-refractivity contribution in [3.8, 4) is 5.69 Å². The van der Waals surface area contributed by atoms with Crippen LogP contribution in [0.1, 0.15) is 132 Å². The van der Waals surface area contributed by atoms with Crippen LogP contribution in [0.4, 0.5) is 34.3 Å². The Labute approximate surface area is 415 Å². The fourth-order valence-electron chi connectivity index (χ4n) is 11.2. The summed E-state index contributed by atoms with van der Waals surface area (Å²) in [5, 5.41) is 3.96. The van der Waals surface area contributed by atoms with Crippen molar-refractivity contribution in [1.29, 1.82) is 0 Å². The molecule has 0 N–H and O–H groups in total. The highest BCUT2D eigenvalue weighted by Crippen LogP contribution is 2.51. The molecule has 2 aliphatic heterocycles. The van der Waals surface area contributed by atoms with Gasteiger partial charge in [0.15, 0.2) is 0 Å². The first kappa shape index (κ1) is 45.4.